The van der Waals surface area contributed by atoms with Gasteiger partial charge in [0.1, 0.15) is 6.20 Å². The minimum atomic E-state index is -0.537. The zero-order valence-electron chi connectivity index (χ0n) is 15.4. The number of hydrogen-bond acceptors (Lipinski definition) is 6. The van der Waals surface area contributed by atoms with E-state index in [1.807, 2.05) is 0 Å². The topological polar surface area (TPSA) is 91.6 Å². The number of aromatic nitrogens is 1. The molecule has 8 nitrogen and oxygen atoms in total. The molecular formula is C17H27N5O3. The third-order valence-corrected chi connectivity index (χ3v) is 4.78. The van der Waals surface area contributed by atoms with Gasteiger partial charge in [-0.3, -0.25) is 24.8 Å². The molecule has 1 N–H and O–H groups in total. The maximum atomic E-state index is 12.5. The molecule has 1 saturated heterocycles. The van der Waals surface area contributed by atoms with E-state index in [-0.39, 0.29) is 23.2 Å². The van der Waals surface area contributed by atoms with Gasteiger partial charge in [0.2, 0.25) is 0 Å². The first kappa shape index (κ1) is 19.3. The summed E-state index contributed by atoms with van der Waals surface area (Å²) >= 11 is 0. The zero-order chi connectivity index (χ0) is 18.6. The average Bonchev–Trinajstić information content (AvgIpc) is 2.56. The van der Waals surface area contributed by atoms with Gasteiger partial charge in [-0.25, -0.2) is 0 Å². The first-order valence-electron chi connectivity index (χ1n) is 8.61. The molecule has 1 atom stereocenters. The van der Waals surface area contributed by atoms with Gasteiger partial charge < -0.3 is 10.2 Å². The van der Waals surface area contributed by atoms with Gasteiger partial charge in [-0.1, -0.05) is 13.8 Å². The fraction of sp³-hybridized carbons (Fsp3) is 0.647. The molecule has 1 fully saturated rings. The van der Waals surface area contributed by atoms with Crippen molar-refractivity contribution >= 4 is 11.6 Å². The second kappa shape index (κ2) is 8.35. The van der Waals surface area contributed by atoms with E-state index in [1.165, 1.54) is 12.3 Å². The Kier molecular flexibility index (Phi) is 6.44. The van der Waals surface area contributed by atoms with Crippen molar-refractivity contribution in [2.75, 3.05) is 39.8 Å². The molecule has 25 heavy (non-hydrogen) atoms. The van der Waals surface area contributed by atoms with E-state index < -0.39 is 4.92 Å². The molecule has 1 aliphatic heterocycles. The van der Waals surface area contributed by atoms with Crippen LogP contribution in [0.2, 0.25) is 0 Å². The molecular weight excluding hydrogens is 322 g/mol. The number of carbonyl (C=O) groups is 1. The van der Waals surface area contributed by atoms with Crippen LogP contribution in [0.1, 0.15) is 29.9 Å². The molecule has 0 unspecified atom stereocenters. The van der Waals surface area contributed by atoms with Crippen LogP contribution in [-0.2, 0) is 0 Å². The molecule has 138 valence electrons. The standard InChI is InChI=1S/C17H27N5O3/c1-12(2)16(21-7-5-20(4)6-8-21)11-19-17(23)15-9-14(22(24)25)10-18-13(15)3/h9-10,12,16H,5-8,11H2,1-4H3,(H,19,23)/t16-/m1/s1. The Morgan fingerprint density at radius 1 is 1.36 bits per heavy atom. The fourth-order valence-electron chi connectivity index (χ4n) is 3.08. The van der Waals surface area contributed by atoms with Crippen LogP contribution in [0.15, 0.2) is 12.3 Å². The summed E-state index contributed by atoms with van der Waals surface area (Å²) in [4.78, 5) is 31.5. The smallest absolute Gasteiger partial charge is 0.288 e. The largest absolute Gasteiger partial charge is 0.350 e. The lowest BCUT2D eigenvalue weighted by Gasteiger charge is -2.39. The molecule has 0 aromatic carbocycles. The van der Waals surface area contributed by atoms with Gasteiger partial charge in [-0.05, 0) is 19.9 Å². The minimum absolute atomic E-state index is 0.171. The van der Waals surface area contributed by atoms with Crippen LogP contribution in [-0.4, -0.2) is 71.4 Å². The molecule has 1 aromatic heterocycles. The Hall–Kier alpha value is -2.06. The van der Waals surface area contributed by atoms with Gasteiger partial charge in [0, 0.05) is 44.8 Å². The van der Waals surface area contributed by atoms with E-state index in [9.17, 15) is 14.9 Å². The molecule has 0 radical (unpaired) electrons. The average molecular weight is 349 g/mol. The molecule has 0 aliphatic carbocycles. The number of pyridine rings is 1. The summed E-state index contributed by atoms with van der Waals surface area (Å²) in [5, 5.41) is 13.8. The first-order valence-corrected chi connectivity index (χ1v) is 8.61. The third kappa shape index (κ3) is 4.96. The van der Waals surface area contributed by atoms with E-state index in [4.69, 9.17) is 0 Å². The van der Waals surface area contributed by atoms with Gasteiger partial charge in [-0.2, -0.15) is 0 Å². The number of likely N-dealkylation sites (N-methyl/N-ethyl adjacent to an activating group) is 1. The summed E-state index contributed by atoms with van der Waals surface area (Å²) in [6.07, 6.45) is 1.17. The molecule has 1 aliphatic rings. The first-order chi connectivity index (χ1) is 11.8. The van der Waals surface area contributed by atoms with Gasteiger partial charge in [-0.15, -0.1) is 0 Å². The summed E-state index contributed by atoms with van der Waals surface area (Å²) < 4.78 is 0. The molecule has 0 saturated carbocycles. The number of nitrogens with zero attached hydrogens (tertiary/aromatic N) is 4. The van der Waals surface area contributed by atoms with Gasteiger partial charge >= 0.3 is 0 Å². The Morgan fingerprint density at radius 3 is 2.56 bits per heavy atom. The number of rotatable bonds is 6. The lowest BCUT2D eigenvalue weighted by molar-refractivity contribution is -0.385. The highest BCUT2D eigenvalue weighted by Gasteiger charge is 2.26. The predicted molar refractivity (Wildman–Crippen MR) is 95.7 cm³/mol. The SMILES string of the molecule is Cc1ncc([N+](=O)[O-])cc1C(=O)NC[C@H](C(C)C)N1CCN(C)CC1. The van der Waals surface area contributed by atoms with Crippen molar-refractivity contribution in [2.45, 2.75) is 26.8 Å². The van der Waals surface area contributed by atoms with Crippen molar-refractivity contribution in [2.24, 2.45) is 5.92 Å². The highest BCUT2D eigenvalue weighted by atomic mass is 16.6. The number of carbonyl (C=O) groups excluding carboxylic acids is 1. The van der Waals surface area contributed by atoms with Crippen LogP contribution in [0.3, 0.4) is 0 Å². The summed E-state index contributed by atoms with van der Waals surface area (Å²) in [5.74, 6) is 0.0847. The molecule has 1 aromatic rings. The van der Waals surface area contributed by atoms with E-state index in [0.717, 1.165) is 26.2 Å². The maximum Gasteiger partial charge on any atom is 0.288 e. The molecule has 0 spiro atoms. The quantitative estimate of drug-likeness (QED) is 0.615. The number of hydrogen-bond donors (Lipinski definition) is 1. The predicted octanol–water partition coefficient (Wildman–Crippen LogP) is 1.30. The van der Waals surface area contributed by atoms with E-state index in [0.29, 0.717) is 18.2 Å². The number of amides is 1. The fourth-order valence-corrected chi connectivity index (χ4v) is 3.08. The normalized spacial score (nSPS) is 17.5. The third-order valence-electron chi connectivity index (χ3n) is 4.78. The van der Waals surface area contributed by atoms with Crippen LogP contribution in [0.4, 0.5) is 5.69 Å². The number of nitro groups is 1. The second-order valence-corrected chi connectivity index (χ2v) is 6.94. The van der Waals surface area contributed by atoms with Gasteiger partial charge in [0.05, 0.1) is 16.2 Å². The zero-order valence-corrected chi connectivity index (χ0v) is 15.4. The van der Waals surface area contributed by atoms with Crippen molar-refractivity contribution in [1.29, 1.82) is 0 Å². The van der Waals surface area contributed by atoms with Crippen LogP contribution >= 0.6 is 0 Å². The Labute approximate surface area is 148 Å². The maximum absolute atomic E-state index is 12.5. The highest BCUT2D eigenvalue weighted by Crippen LogP contribution is 2.16. The van der Waals surface area contributed by atoms with Crippen molar-refractivity contribution in [3.63, 3.8) is 0 Å². The van der Waals surface area contributed by atoms with E-state index in [2.05, 4.69) is 41.0 Å². The van der Waals surface area contributed by atoms with Crippen molar-refractivity contribution in [3.05, 3.63) is 33.6 Å². The van der Waals surface area contributed by atoms with Crippen LogP contribution in [0.25, 0.3) is 0 Å². The molecule has 0 bridgehead atoms. The molecule has 1 amide bonds. The minimum Gasteiger partial charge on any atom is -0.350 e. The monoisotopic (exact) mass is 349 g/mol. The van der Waals surface area contributed by atoms with Crippen LogP contribution < -0.4 is 5.32 Å². The number of aryl methyl sites for hydroxylation is 1. The lowest BCUT2D eigenvalue weighted by atomic mass is 10.0. The van der Waals surface area contributed by atoms with Crippen LogP contribution in [0, 0.1) is 23.0 Å². The number of piperazine rings is 1. The Bertz CT molecular complexity index is 627. The van der Waals surface area contributed by atoms with E-state index in [1.54, 1.807) is 6.92 Å². The highest BCUT2D eigenvalue weighted by molar-refractivity contribution is 5.95. The van der Waals surface area contributed by atoms with Crippen molar-refractivity contribution in [1.82, 2.24) is 20.1 Å². The lowest BCUT2D eigenvalue weighted by Crippen LogP contribution is -2.54. The molecule has 8 heteroatoms. The molecule has 2 rings (SSSR count). The second-order valence-electron chi connectivity index (χ2n) is 6.94. The van der Waals surface area contributed by atoms with E-state index >= 15 is 0 Å². The van der Waals surface area contributed by atoms with Gasteiger partial charge in [0.25, 0.3) is 11.6 Å². The summed E-state index contributed by atoms with van der Waals surface area (Å²) in [6, 6.07) is 1.53. The Morgan fingerprint density at radius 2 is 2.00 bits per heavy atom. The van der Waals surface area contributed by atoms with Gasteiger partial charge in [0.15, 0.2) is 0 Å². The van der Waals surface area contributed by atoms with Crippen LogP contribution in [0.5, 0.6) is 0 Å². The van der Waals surface area contributed by atoms with Crippen molar-refractivity contribution < 1.29 is 9.72 Å². The molecule has 2 heterocycles. The summed E-state index contributed by atoms with van der Waals surface area (Å²) in [5.41, 5.74) is 0.578. The number of nitrogens with one attached hydrogen (secondary N) is 1. The Balaban J connectivity index is 2.04. The summed E-state index contributed by atoms with van der Waals surface area (Å²) in [6.45, 7) is 10.5. The van der Waals surface area contributed by atoms with Crippen molar-refractivity contribution in [3.8, 4) is 0 Å². The summed E-state index contributed by atoms with van der Waals surface area (Å²) in [7, 11) is 2.11.